The van der Waals surface area contributed by atoms with Crippen molar-refractivity contribution in [3.8, 4) is 0 Å². The van der Waals surface area contributed by atoms with Gasteiger partial charge in [0.25, 0.3) is 0 Å². The first-order chi connectivity index (χ1) is 7.47. The van der Waals surface area contributed by atoms with Crippen LogP contribution in [0.3, 0.4) is 0 Å². The summed E-state index contributed by atoms with van der Waals surface area (Å²) in [6, 6.07) is 0. The highest BCUT2D eigenvalue weighted by atomic mass is 35.5. The van der Waals surface area contributed by atoms with Crippen molar-refractivity contribution in [3.05, 3.63) is 18.2 Å². The van der Waals surface area contributed by atoms with Crippen molar-refractivity contribution in [2.75, 3.05) is 0 Å². The van der Waals surface area contributed by atoms with Gasteiger partial charge in [-0.1, -0.05) is 13.3 Å². The van der Waals surface area contributed by atoms with Gasteiger partial charge in [0.15, 0.2) is 0 Å². The van der Waals surface area contributed by atoms with Crippen LogP contribution in [0.4, 0.5) is 0 Å². The highest BCUT2D eigenvalue weighted by Gasteiger charge is 2.26. The molecule has 0 aromatic carbocycles. The summed E-state index contributed by atoms with van der Waals surface area (Å²) in [7, 11) is 1.89. The van der Waals surface area contributed by atoms with E-state index in [2.05, 4.69) is 10.3 Å². The van der Waals surface area contributed by atoms with Crippen LogP contribution in [0.25, 0.3) is 0 Å². The summed E-state index contributed by atoms with van der Waals surface area (Å²) in [5, 5.41) is 2.80. The van der Waals surface area contributed by atoms with E-state index in [1.807, 2.05) is 24.7 Å². The normalized spacial score (nSPS) is 12.9. The summed E-state index contributed by atoms with van der Waals surface area (Å²) in [5.74, 6) is 0.693. The number of aryl methyl sites for hydroxylation is 1. The lowest BCUT2D eigenvalue weighted by molar-refractivity contribution is -0.126. The molecule has 0 saturated carbocycles. The fraction of sp³-hybridized carbons (Fsp3) is 0.636. The molecule has 7 heteroatoms. The lowest BCUT2D eigenvalue weighted by Crippen LogP contribution is -2.51. The smallest absolute Gasteiger partial charge is 0.240 e. The molecule has 1 aromatic rings. The van der Waals surface area contributed by atoms with Gasteiger partial charge in [-0.3, -0.25) is 4.79 Å². The monoisotopic (exact) mass is 296 g/mol. The van der Waals surface area contributed by atoms with Gasteiger partial charge in [-0.15, -0.1) is 24.8 Å². The molecule has 0 bridgehead atoms. The van der Waals surface area contributed by atoms with Crippen LogP contribution in [0.15, 0.2) is 12.4 Å². The van der Waals surface area contributed by atoms with Crippen molar-refractivity contribution >= 4 is 30.7 Å². The molecule has 5 nitrogen and oxygen atoms in total. The Morgan fingerprint density at radius 3 is 2.61 bits per heavy atom. The van der Waals surface area contributed by atoms with Gasteiger partial charge in [-0.2, -0.15) is 0 Å². The van der Waals surface area contributed by atoms with Gasteiger partial charge in [0.1, 0.15) is 5.82 Å². The number of aromatic nitrogens is 2. The third-order valence-corrected chi connectivity index (χ3v) is 2.62. The molecule has 106 valence electrons. The highest BCUT2D eigenvalue weighted by Crippen LogP contribution is 2.08. The number of halogens is 2. The van der Waals surface area contributed by atoms with Crippen molar-refractivity contribution < 1.29 is 4.79 Å². The van der Waals surface area contributed by atoms with E-state index in [4.69, 9.17) is 5.73 Å². The quantitative estimate of drug-likeness (QED) is 0.863. The molecule has 1 aromatic heterocycles. The SMILES string of the molecule is CCCC(C)(N)C(=O)NCc1nccn1C.Cl.Cl. The molecule has 1 rings (SSSR count). The van der Waals surface area contributed by atoms with Crippen LogP contribution >= 0.6 is 24.8 Å². The predicted molar refractivity (Wildman–Crippen MR) is 77.1 cm³/mol. The first-order valence-corrected chi connectivity index (χ1v) is 5.50. The fourth-order valence-corrected chi connectivity index (χ4v) is 1.56. The minimum absolute atomic E-state index is 0. The van der Waals surface area contributed by atoms with E-state index in [1.54, 1.807) is 13.1 Å². The Morgan fingerprint density at radius 1 is 1.56 bits per heavy atom. The number of nitrogens with two attached hydrogens (primary N) is 1. The summed E-state index contributed by atoms with van der Waals surface area (Å²) in [6.07, 6.45) is 5.12. The van der Waals surface area contributed by atoms with Gasteiger partial charge in [-0.05, 0) is 13.3 Å². The van der Waals surface area contributed by atoms with Crippen LogP contribution < -0.4 is 11.1 Å². The number of rotatable bonds is 5. The van der Waals surface area contributed by atoms with Crippen LogP contribution in [-0.4, -0.2) is 21.0 Å². The van der Waals surface area contributed by atoms with Gasteiger partial charge in [0.2, 0.25) is 5.91 Å². The number of imidazole rings is 1. The van der Waals surface area contributed by atoms with Gasteiger partial charge in [0, 0.05) is 19.4 Å². The van der Waals surface area contributed by atoms with E-state index in [0.717, 1.165) is 12.2 Å². The second kappa shape index (κ2) is 8.34. The number of amides is 1. The fourth-order valence-electron chi connectivity index (χ4n) is 1.56. The van der Waals surface area contributed by atoms with Crippen molar-refractivity contribution in [1.82, 2.24) is 14.9 Å². The molecular weight excluding hydrogens is 275 g/mol. The van der Waals surface area contributed by atoms with Crippen molar-refractivity contribution in [2.24, 2.45) is 12.8 Å². The Morgan fingerprint density at radius 2 is 2.17 bits per heavy atom. The Labute approximate surface area is 120 Å². The third kappa shape index (κ3) is 5.25. The Kier molecular flexibility index (Phi) is 9.07. The zero-order chi connectivity index (χ0) is 12.2. The van der Waals surface area contributed by atoms with Crippen LogP contribution in [0.5, 0.6) is 0 Å². The maximum absolute atomic E-state index is 11.8. The number of hydrogen-bond donors (Lipinski definition) is 2. The molecule has 0 fully saturated rings. The minimum Gasteiger partial charge on any atom is -0.347 e. The number of nitrogens with zero attached hydrogens (tertiary/aromatic N) is 2. The topological polar surface area (TPSA) is 72.9 Å². The lowest BCUT2D eigenvalue weighted by atomic mass is 9.97. The largest absolute Gasteiger partial charge is 0.347 e. The van der Waals surface area contributed by atoms with Gasteiger partial charge in [0.05, 0.1) is 12.1 Å². The molecule has 0 saturated heterocycles. The van der Waals surface area contributed by atoms with Crippen molar-refractivity contribution in [1.29, 1.82) is 0 Å². The summed E-state index contributed by atoms with van der Waals surface area (Å²) in [5.41, 5.74) is 5.12. The van der Waals surface area contributed by atoms with Gasteiger partial charge < -0.3 is 15.6 Å². The van der Waals surface area contributed by atoms with Crippen LogP contribution in [0.1, 0.15) is 32.5 Å². The lowest BCUT2D eigenvalue weighted by Gasteiger charge is -2.22. The average molecular weight is 297 g/mol. The zero-order valence-corrected chi connectivity index (χ0v) is 12.6. The van der Waals surface area contributed by atoms with Gasteiger partial charge >= 0.3 is 0 Å². The number of carbonyl (C=O) groups is 1. The van der Waals surface area contributed by atoms with Crippen LogP contribution in [-0.2, 0) is 18.4 Å². The maximum atomic E-state index is 11.8. The van der Waals surface area contributed by atoms with Crippen LogP contribution in [0.2, 0.25) is 0 Å². The molecule has 0 aliphatic carbocycles. The van der Waals surface area contributed by atoms with E-state index in [1.165, 1.54) is 0 Å². The second-order valence-electron chi connectivity index (χ2n) is 4.30. The van der Waals surface area contributed by atoms with E-state index in [0.29, 0.717) is 13.0 Å². The zero-order valence-electron chi connectivity index (χ0n) is 11.0. The standard InChI is InChI=1S/C11H20N4O.2ClH/c1-4-5-11(2,12)10(16)14-8-9-13-6-7-15(9)3;;/h6-7H,4-5,8,12H2,1-3H3,(H,14,16);2*1H. The second-order valence-corrected chi connectivity index (χ2v) is 4.30. The minimum atomic E-state index is -0.792. The average Bonchev–Trinajstić information content (AvgIpc) is 2.60. The number of carbonyl (C=O) groups excluding carboxylic acids is 1. The Bertz CT molecular complexity index is 366. The highest BCUT2D eigenvalue weighted by molar-refractivity contribution is 5.86. The van der Waals surface area contributed by atoms with E-state index >= 15 is 0 Å². The molecule has 18 heavy (non-hydrogen) atoms. The molecule has 0 radical (unpaired) electrons. The Hall–Kier alpha value is -0.780. The molecule has 1 amide bonds. The molecule has 0 aliphatic rings. The first-order valence-electron chi connectivity index (χ1n) is 5.50. The first kappa shape index (κ1) is 19.6. The Balaban J connectivity index is 0. The molecular formula is C11H22Cl2N4O. The summed E-state index contributed by atoms with van der Waals surface area (Å²) in [4.78, 5) is 15.9. The summed E-state index contributed by atoms with van der Waals surface area (Å²) < 4.78 is 1.87. The van der Waals surface area contributed by atoms with Crippen LogP contribution in [0, 0.1) is 0 Å². The molecule has 1 unspecified atom stereocenters. The summed E-state index contributed by atoms with van der Waals surface area (Å²) >= 11 is 0. The number of nitrogens with one attached hydrogen (secondary N) is 1. The number of hydrogen-bond acceptors (Lipinski definition) is 3. The third-order valence-electron chi connectivity index (χ3n) is 2.62. The van der Waals surface area contributed by atoms with Crippen molar-refractivity contribution in [3.63, 3.8) is 0 Å². The predicted octanol–water partition coefficient (Wildman–Crippen LogP) is 1.40. The molecule has 0 aliphatic heterocycles. The van der Waals surface area contributed by atoms with E-state index < -0.39 is 5.54 Å². The van der Waals surface area contributed by atoms with Crippen molar-refractivity contribution in [2.45, 2.75) is 38.8 Å². The van der Waals surface area contributed by atoms with E-state index in [9.17, 15) is 4.79 Å². The molecule has 1 atom stereocenters. The van der Waals surface area contributed by atoms with Gasteiger partial charge in [-0.25, -0.2) is 4.98 Å². The summed E-state index contributed by atoms with van der Waals surface area (Å²) in [6.45, 7) is 4.18. The molecule has 3 N–H and O–H groups in total. The van der Waals surface area contributed by atoms with E-state index in [-0.39, 0.29) is 30.7 Å². The molecule has 0 spiro atoms. The molecule has 1 heterocycles. The maximum Gasteiger partial charge on any atom is 0.240 e.